The molecule has 0 unspecified atom stereocenters. The highest BCUT2D eigenvalue weighted by molar-refractivity contribution is 7.18. The van der Waals surface area contributed by atoms with Crippen LogP contribution in [0.5, 0.6) is 5.75 Å². The van der Waals surface area contributed by atoms with Gasteiger partial charge < -0.3 is 15.9 Å². The average molecular weight is 365 g/mol. The van der Waals surface area contributed by atoms with Crippen LogP contribution >= 0.6 is 11.3 Å². The van der Waals surface area contributed by atoms with E-state index in [2.05, 4.69) is 15.0 Å². The molecular formula is C19H19N5OS. The average Bonchev–Trinajstić information content (AvgIpc) is 3.07. The maximum Gasteiger partial charge on any atom is 0.216 e. The molecular weight excluding hydrogens is 346 g/mol. The summed E-state index contributed by atoms with van der Waals surface area (Å²) >= 11 is 1.59. The van der Waals surface area contributed by atoms with Gasteiger partial charge in [0.1, 0.15) is 10.8 Å². The Hall–Kier alpha value is -3.06. The fraction of sp³-hybridized carbons (Fsp3) is 0.158. The normalized spacial score (nSPS) is 12.4. The second-order valence-corrected chi connectivity index (χ2v) is 6.69. The van der Waals surface area contributed by atoms with Gasteiger partial charge >= 0.3 is 0 Å². The molecule has 3 N–H and O–H groups in total. The number of benzene rings is 2. The van der Waals surface area contributed by atoms with Gasteiger partial charge in [0.2, 0.25) is 5.96 Å². The molecule has 0 atom stereocenters. The molecule has 1 heterocycles. The zero-order chi connectivity index (χ0) is 18.5. The number of nitrogens with two attached hydrogens (primary N) is 1. The number of rotatable bonds is 5. The van der Waals surface area contributed by atoms with Crippen LogP contribution in [0.3, 0.4) is 0 Å². The Balaban J connectivity index is 1.81. The largest absolute Gasteiger partial charge is 0.497 e. The van der Waals surface area contributed by atoms with Crippen molar-refractivity contribution >= 4 is 39.4 Å². The van der Waals surface area contributed by atoms with Crippen LogP contribution < -0.4 is 10.5 Å². The Bertz CT molecular complexity index is 973. The minimum absolute atomic E-state index is 0.123. The summed E-state index contributed by atoms with van der Waals surface area (Å²) < 4.78 is 6.33. The van der Waals surface area contributed by atoms with Gasteiger partial charge in [-0.25, -0.2) is 15.0 Å². The molecule has 0 saturated heterocycles. The standard InChI is InChI=1S/C19H19N5OS/c1-12-9-13(25-2)7-8-14(12)16(10-20)24-19(21)22-11-18-23-15-5-3-4-6-17(15)26-18/h3-10,20H,11H2,1-2H3,(H2,21,22)/b20-10?,24-16+. The van der Waals surface area contributed by atoms with Crippen molar-refractivity contribution in [2.24, 2.45) is 15.7 Å². The monoisotopic (exact) mass is 365 g/mol. The Morgan fingerprint density at radius 2 is 2.12 bits per heavy atom. The number of hydrogen-bond acceptors (Lipinski definition) is 5. The fourth-order valence-electron chi connectivity index (χ4n) is 2.52. The van der Waals surface area contributed by atoms with Crippen molar-refractivity contribution in [2.45, 2.75) is 13.5 Å². The predicted molar refractivity (Wildman–Crippen MR) is 108 cm³/mol. The van der Waals surface area contributed by atoms with Gasteiger partial charge in [-0.2, -0.15) is 0 Å². The molecule has 0 aliphatic rings. The van der Waals surface area contributed by atoms with Gasteiger partial charge in [-0.05, 0) is 42.8 Å². The molecule has 0 spiro atoms. The quantitative estimate of drug-likeness (QED) is 0.534. The van der Waals surface area contributed by atoms with Crippen molar-refractivity contribution < 1.29 is 4.74 Å². The lowest BCUT2D eigenvalue weighted by Gasteiger charge is -2.07. The number of aromatic nitrogens is 1. The van der Waals surface area contributed by atoms with E-state index in [0.717, 1.165) is 32.1 Å². The summed E-state index contributed by atoms with van der Waals surface area (Å²) in [5.74, 6) is 0.881. The van der Waals surface area contributed by atoms with Gasteiger partial charge in [0.05, 0.1) is 29.6 Å². The maximum absolute atomic E-state index is 7.65. The van der Waals surface area contributed by atoms with Gasteiger partial charge in [-0.1, -0.05) is 12.1 Å². The molecule has 26 heavy (non-hydrogen) atoms. The number of methoxy groups -OCH3 is 1. The molecule has 0 radical (unpaired) electrons. The molecule has 132 valence electrons. The number of ether oxygens (including phenoxy) is 1. The molecule has 7 heteroatoms. The lowest BCUT2D eigenvalue weighted by atomic mass is 10.0. The van der Waals surface area contributed by atoms with Crippen LogP contribution in [0.15, 0.2) is 52.4 Å². The summed E-state index contributed by atoms with van der Waals surface area (Å²) in [6.45, 7) is 2.30. The first-order valence-corrected chi connectivity index (χ1v) is 8.81. The first-order chi connectivity index (χ1) is 12.6. The van der Waals surface area contributed by atoms with E-state index in [1.165, 1.54) is 6.21 Å². The number of guanidine groups is 1. The molecule has 3 rings (SSSR count). The predicted octanol–water partition coefficient (Wildman–Crippen LogP) is 3.57. The van der Waals surface area contributed by atoms with Crippen molar-refractivity contribution in [1.82, 2.24) is 4.98 Å². The minimum Gasteiger partial charge on any atom is -0.497 e. The van der Waals surface area contributed by atoms with E-state index < -0.39 is 0 Å². The Labute approximate surface area is 155 Å². The topological polar surface area (TPSA) is 96.7 Å². The molecule has 3 aromatic rings. The first-order valence-electron chi connectivity index (χ1n) is 7.99. The molecule has 0 saturated carbocycles. The van der Waals surface area contributed by atoms with E-state index in [4.69, 9.17) is 15.9 Å². The van der Waals surface area contributed by atoms with Crippen molar-refractivity contribution in [2.75, 3.05) is 7.11 Å². The SMILES string of the molecule is COc1ccc(/C(C=N)=N/C(N)=NCc2nc3ccccc3s2)c(C)c1. The summed E-state index contributed by atoms with van der Waals surface area (Å²) in [7, 11) is 1.62. The molecule has 0 aliphatic carbocycles. The van der Waals surface area contributed by atoms with Crippen molar-refractivity contribution in [3.8, 4) is 5.75 Å². The summed E-state index contributed by atoms with van der Waals surface area (Å²) in [6, 6.07) is 13.5. The van der Waals surface area contributed by atoms with Crippen LogP contribution in [0.1, 0.15) is 16.1 Å². The number of aliphatic imine (C=N–C) groups is 2. The summed E-state index contributed by atoms with van der Waals surface area (Å²) in [6.07, 6.45) is 1.18. The van der Waals surface area contributed by atoms with Crippen LogP contribution in [0.25, 0.3) is 10.2 Å². The third-order valence-electron chi connectivity index (χ3n) is 3.80. The highest BCUT2D eigenvalue weighted by Gasteiger charge is 2.07. The zero-order valence-electron chi connectivity index (χ0n) is 14.6. The number of aryl methyl sites for hydroxylation is 1. The van der Waals surface area contributed by atoms with Gasteiger partial charge in [-0.3, -0.25) is 0 Å². The Kier molecular flexibility index (Phi) is 5.38. The van der Waals surface area contributed by atoms with Gasteiger partial charge in [0.15, 0.2) is 0 Å². The second kappa shape index (κ2) is 7.88. The third kappa shape index (κ3) is 3.94. The van der Waals surface area contributed by atoms with E-state index in [0.29, 0.717) is 12.3 Å². The highest BCUT2D eigenvalue weighted by Crippen LogP contribution is 2.22. The summed E-state index contributed by atoms with van der Waals surface area (Å²) in [5, 5.41) is 8.52. The smallest absolute Gasteiger partial charge is 0.216 e. The van der Waals surface area contributed by atoms with E-state index in [1.54, 1.807) is 18.4 Å². The summed E-state index contributed by atoms with van der Waals surface area (Å²) in [5.41, 5.74) is 9.13. The molecule has 0 bridgehead atoms. The number of hydrogen-bond donors (Lipinski definition) is 2. The third-order valence-corrected chi connectivity index (χ3v) is 4.82. The van der Waals surface area contributed by atoms with Crippen molar-refractivity contribution in [3.63, 3.8) is 0 Å². The van der Waals surface area contributed by atoms with Gasteiger partial charge in [0, 0.05) is 11.8 Å². The van der Waals surface area contributed by atoms with Crippen molar-refractivity contribution in [1.29, 1.82) is 5.41 Å². The van der Waals surface area contributed by atoms with E-state index in [-0.39, 0.29) is 5.96 Å². The summed E-state index contributed by atoms with van der Waals surface area (Å²) in [4.78, 5) is 13.1. The number of nitrogens with zero attached hydrogens (tertiary/aromatic N) is 3. The maximum atomic E-state index is 7.65. The van der Waals surface area contributed by atoms with Crippen molar-refractivity contribution in [3.05, 3.63) is 58.6 Å². The molecule has 0 aliphatic heterocycles. The molecule has 2 aromatic carbocycles. The van der Waals surface area contributed by atoms with Crippen LogP contribution in [0.2, 0.25) is 0 Å². The van der Waals surface area contributed by atoms with Gasteiger partial charge in [0.25, 0.3) is 0 Å². The molecule has 6 nitrogen and oxygen atoms in total. The highest BCUT2D eigenvalue weighted by atomic mass is 32.1. The Morgan fingerprint density at radius 1 is 1.31 bits per heavy atom. The van der Waals surface area contributed by atoms with Crippen LogP contribution in [-0.2, 0) is 6.54 Å². The Morgan fingerprint density at radius 3 is 2.81 bits per heavy atom. The van der Waals surface area contributed by atoms with Gasteiger partial charge in [-0.15, -0.1) is 11.3 Å². The number of nitrogens with one attached hydrogen (secondary N) is 1. The second-order valence-electron chi connectivity index (χ2n) is 5.57. The number of fused-ring (bicyclic) bond motifs is 1. The van der Waals surface area contributed by atoms with Crippen LogP contribution in [0, 0.1) is 12.3 Å². The van der Waals surface area contributed by atoms with E-state index in [9.17, 15) is 0 Å². The van der Waals surface area contributed by atoms with Crippen LogP contribution in [-0.4, -0.2) is 30.0 Å². The lowest BCUT2D eigenvalue weighted by molar-refractivity contribution is 0.414. The fourth-order valence-corrected chi connectivity index (χ4v) is 3.41. The molecule has 0 amide bonds. The zero-order valence-corrected chi connectivity index (χ0v) is 15.4. The van der Waals surface area contributed by atoms with E-state index in [1.807, 2.05) is 49.4 Å². The molecule has 1 aromatic heterocycles. The lowest BCUT2D eigenvalue weighted by Crippen LogP contribution is -2.15. The van der Waals surface area contributed by atoms with Crippen LogP contribution in [0.4, 0.5) is 0 Å². The number of thiazole rings is 1. The van der Waals surface area contributed by atoms with E-state index >= 15 is 0 Å². The minimum atomic E-state index is 0.123. The molecule has 0 fully saturated rings. The number of para-hydroxylation sites is 1. The first kappa shape index (κ1) is 17.8.